The van der Waals surface area contributed by atoms with E-state index in [9.17, 15) is 37.2 Å². The Labute approximate surface area is 524 Å². The van der Waals surface area contributed by atoms with Crippen molar-refractivity contribution in [3.05, 3.63) is 0 Å². The number of esters is 6. The Bertz CT molecular complexity index is 2900. The zero-order chi connectivity index (χ0) is 64.4. The van der Waals surface area contributed by atoms with Crippen LogP contribution in [0, 0.1) is 70.5 Å². The van der Waals surface area contributed by atoms with Crippen molar-refractivity contribution >= 4 is 45.8 Å². The smallest absolute Gasteiger partial charge is 0.308 e. The van der Waals surface area contributed by atoms with E-state index in [-0.39, 0.29) is 47.3 Å². The molecule has 25 atom stereocenters. The second-order valence-corrected chi connectivity index (χ2v) is 30.8. The number of carbonyl (C=O) groups excluding carboxylic acids is 6. The normalized spacial score (nSPS) is 46.8. The van der Waals surface area contributed by atoms with Gasteiger partial charge in [0.1, 0.15) is 13.2 Å². The maximum atomic E-state index is 14.0. The Balaban J connectivity index is 0.696. The molecule has 0 amide bonds. The molecule has 0 radical (unpaired) electrons. The van der Waals surface area contributed by atoms with E-state index in [2.05, 4.69) is 32.4 Å². The molecule has 0 aromatic heterocycles. The van der Waals surface area contributed by atoms with Crippen LogP contribution in [0.3, 0.4) is 0 Å². The highest BCUT2D eigenvalue weighted by Crippen LogP contribution is 2.67. The van der Waals surface area contributed by atoms with Gasteiger partial charge in [-0.2, -0.15) is 4.72 Å². The maximum Gasteiger partial charge on any atom is 0.308 e. The number of sulfonamides is 1. The summed E-state index contributed by atoms with van der Waals surface area (Å²) in [5, 5.41) is 0. The minimum absolute atomic E-state index is 0.0326. The lowest BCUT2D eigenvalue weighted by atomic mass is 9.50. The molecular formula is C62H91NO26S. The van der Waals surface area contributed by atoms with Gasteiger partial charge in [-0.25, -0.2) is 37.7 Å². The zero-order valence-corrected chi connectivity index (χ0v) is 54.3. The number of ether oxygens (including phenoxy) is 12. The molecule has 1 N–H and O–H groups in total. The predicted octanol–water partition coefficient (Wildman–Crippen LogP) is 6.85. The second-order valence-electron chi connectivity index (χ2n) is 29.1. The minimum Gasteiger partial charge on any atom is -0.460 e. The molecule has 90 heavy (non-hydrogen) atoms. The van der Waals surface area contributed by atoms with Gasteiger partial charge in [0, 0.05) is 54.3 Å². The van der Waals surface area contributed by atoms with E-state index >= 15 is 0 Å². The third kappa shape index (κ3) is 11.7. The Kier molecular flexibility index (Phi) is 17.8. The molecule has 12 saturated heterocycles. The van der Waals surface area contributed by atoms with E-state index in [1.165, 1.54) is 0 Å². The van der Waals surface area contributed by atoms with Gasteiger partial charge in [0.25, 0.3) is 0 Å². The van der Waals surface area contributed by atoms with Gasteiger partial charge in [-0.15, -0.1) is 0 Å². The monoisotopic (exact) mass is 1300 g/mol. The van der Waals surface area contributed by atoms with E-state index in [0.29, 0.717) is 31.6 Å². The van der Waals surface area contributed by atoms with Gasteiger partial charge in [-0.3, -0.25) is 28.8 Å². The molecule has 15 rings (SSSR count). The van der Waals surface area contributed by atoms with Crippen molar-refractivity contribution in [3.63, 3.8) is 0 Å². The van der Waals surface area contributed by atoms with Crippen LogP contribution in [-0.4, -0.2) is 141 Å². The van der Waals surface area contributed by atoms with Crippen molar-refractivity contribution in [2.45, 2.75) is 262 Å². The molecule has 506 valence electrons. The summed E-state index contributed by atoms with van der Waals surface area (Å²) in [4.78, 5) is 119. The summed E-state index contributed by atoms with van der Waals surface area (Å²) in [5.74, 6) is -9.69. The first-order chi connectivity index (χ1) is 42.4. The van der Waals surface area contributed by atoms with Gasteiger partial charge in [0.05, 0.1) is 44.8 Å². The second kappa shape index (κ2) is 24.2. The molecule has 1 unspecified atom stereocenters. The number of fused-ring (bicyclic) bond motifs is 6. The highest BCUT2D eigenvalue weighted by molar-refractivity contribution is 7.88. The minimum atomic E-state index is -4.45. The van der Waals surface area contributed by atoms with Gasteiger partial charge < -0.3 is 56.8 Å². The van der Waals surface area contributed by atoms with Crippen LogP contribution in [0.2, 0.25) is 0 Å². The summed E-state index contributed by atoms with van der Waals surface area (Å²) < 4.78 is 101. The molecule has 6 bridgehead atoms. The van der Waals surface area contributed by atoms with E-state index in [4.69, 9.17) is 86.2 Å². The molecule has 3 aliphatic carbocycles. The number of carbonyl (C=O) groups is 6. The van der Waals surface area contributed by atoms with Gasteiger partial charge in [-0.1, -0.05) is 48.5 Å². The Morgan fingerprint density at radius 1 is 0.456 bits per heavy atom. The summed E-state index contributed by atoms with van der Waals surface area (Å²) in [7, 11) is -4.45. The van der Waals surface area contributed by atoms with Crippen LogP contribution in [0.4, 0.5) is 0 Å². The van der Waals surface area contributed by atoms with Crippen LogP contribution in [-0.2, 0) is 125 Å². The van der Waals surface area contributed by atoms with Gasteiger partial charge >= 0.3 is 35.8 Å². The fraction of sp³-hybridized carbons (Fsp3) is 0.903. The third-order valence-corrected chi connectivity index (χ3v) is 23.8. The SMILES string of the molecule is C[C@H]1[C@H](OC(=O)CCC(=O)OCC(COC(=O)CCC(=O)O[C@@H]2O[C@@H]3O[C@]4(C)CC[C@H]5[C@H](C)CC[C@@](C)([C@H]2C)[C@@]35OO4)(NS(C)(=O)=O)OC(=O)CCC(=O)O[C@@H]2O[C@@H]3O[C@]4(C)CC[C@H]5[C@H](C)CC[C@@H]([C@H]2C)[C@@]35OO4)O[C@@H]2O[C@]3(C)CC[C@H]4[C@H](C)CC[C@@H]1[C@@]24OO3. The van der Waals surface area contributed by atoms with Gasteiger partial charge in [0.15, 0.2) is 35.7 Å². The average molecular weight is 1300 g/mol. The predicted molar refractivity (Wildman–Crippen MR) is 300 cm³/mol. The van der Waals surface area contributed by atoms with Crippen LogP contribution >= 0.6 is 0 Å². The summed E-state index contributed by atoms with van der Waals surface area (Å²) in [6.07, 6.45) is -0.0367. The summed E-state index contributed by atoms with van der Waals surface area (Å²) in [6.45, 7) is 17.4. The fourth-order valence-electron chi connectivity index (χ4n) is 17.8. The molecule has 15 fully saturated rings. The lowest BCUT2D eigenvalue weighted by molar-refractivity contribution is -0.586. The molecule has 12 aliphatic heterocycles. The van der Waals surface area contributed by atoms with Crippen molar-refractivity contribution < 1.29 is 123 Å². The van der Waals surface area contributed by atoms with Crippen LogP contribution < -0.4 is 4.72 Å². The first-order valence-electron chi connectivity index (χ1n) is 32.6. The molecule has 28 heteroatoms. The number of hydrogen-bond acceptors (Lipinski definition) is 26. The van der Waals surface area contributed by atoms with E-state index in [1.54, 1.807) is 20.8 Å². The number of nitrogens with one attached hydrogen (secondary N) is 1. The van der Waals surface area contributed by atoms with Gasteiger partial charge in [0.2, 0.25) is 52.0 Å². The summed E-state index contributed by atoms with van der Waals surface area (Å²) in [6, 6.07) is 0. The molecule has 3 saturated carbocycles. The largest absolute Gasteiger partial charge is 0.460 e. The third-order valence-electron chi connectivity index (χ3n) is 23.0. The van der Waals surface area contributed by atoms with Crippen molar-refractivity contribution in [1.82, 2.24) is 4.72 Å². The van der Waals surface area contributed by atoms with Crippen molar-refractivity contribution in [2.75, 3.05) is 19.5 Å². The molecule has 12 heterocycles. The standard InChI is InChI=1S/C62H91NO26S/c1-32-12-14-41-35(4)49(77-52-60(41)38(32)23-27-56(8,81-52)84-87-60)74-45(66)18-16-43(64)72-30-59(63-90(11,70)71,80-48(69)21-20-46(67)75-50-36(5)42-15-13-33(2)39-24-28-57(9)82-53(78-50)61(39,42)88-85-57)31-73-44(65)17-19-47(68)76-51-37(6)55(7)26-22-34(3)40-25-29-58(10)83-54(79-51)62(40,55)89-86-58/h32-42,49-54,63H,12-31H2,1-11H3/t32-,33-,34-,35-,36-,37+,38+,39+,40+,41+,42+,49-,50-,51-,52-,53-,54-,55+,56+,57+,58+,59?,60-,61-,62+/m1/s1. The average Bonchev–Trinajstić information content (AvgIpc) is 1.25. The highest BCUT2D eigenvalue weighted by Gasteiger charge is 2.76. The number of hydrogen-bond donors (Lipinski definition) is 1. The summed E-state index contributed by atoms with van der Waals surface area (Å²) in [5.41, 5.74) is -6.13. The lowest BCUT2D eigenvalue weighted by Gasteiger charge is -2.65. The molecule has 3 spiro atoms. The Hall–Kier alpha value is -3.75. The quantitative estimate of drug-likeness (QED) is 0.0598. The fourth-order valence-corrected chi connectivity index (χ4v) is 18.7. The molecular weight excluding hydrogens is 1210 g/mol. The van der Waals surface area contributed by atoms with E-state index in [1.807, 2.05) is 20.8 Å². The van der Waals surface area contributed by atoms with Crippen LogP contribution in [0.5, 0.6) is 0 Å². The van der Waals surface area contributed by atoms with Crippen molar-refractivity contribution in [3.8, 4) is 0 Å². The summed E-state index contributed by atoms with van der Waals surface area (Å²) >= 11 is 0. The molecule has 27 nitrogen and oxygen atoms in total. The van der Waals surface area contributed by atoms with Gasteiger partial charge in [-0.05, 0) is 114 Å². The van der Waals surface area contributed by atoms with E-state index < -0.39 is 192 Å². The molecule has 15 aliphatic rings. The highest BCUT2D eigenvalue weighted by atomic mass is 32.2. The van der Waals surface area contributed by atoms with Crippen LogP contribution in [0.15, 0.2) is 0 Å². The van der Waals surface area contributed by atoms with Crippen LogP contribution in [0.1, 0.15) is 185 Å². The molecule has 0 aromatic carbocycles. The van der Waals surface area contributed by atoms with E-state index in [0.717, 1.165) is 57.6 Å². The zero-order valence-electron chi connectivity index (χ0n) is 53.5. The first kappa shape index (κ1) is 66.3. The Morgan fingerprint density at radius 3 is 1.33 bits per heavy atom. The van der Waals surface area contributed by atoms with Crippen LogP contribution in [0.25, 0.3) is 0 Å². The Morgan fingerprint density at radius 2 is 0.856 bits per heavy atom. The molecule has 0 aromatic rings. The maximum absolute atomic E-state index is 14.0. The first-order valence-corrected chi connectivity index (χ1v) is 34.5. The van der Waals surface area contributed by atoms with Crippen molar-refractivity contribution in [1.29, 1.82) is 0 Å². The van der Waals surface area contributed by atoms with Crippen molar-refractivity contribution in [2.24, 2.45) is 70.5 Å². The lowest BCUT2D eigenvalue weighted by Crippen LogP contribution is -2.74. The number of rotatable bonds is 19. The topological polar surface area (TPSA) is 315 Å².